The lowest BCUT2D eigenvalue weighted by Gasteiger charge is -2.34. The minimum Gasteiger partial charge on any atom is -0.494 e. The molecule has 1 unspecified atom stereocenters. The first-order chi connectivity index (χ1) is 19.0. The van der Waals surface area contributed by atoms with Crippen LogP contribution >= 0.6 is 0 Å². The van der Waals surface area contributed by atoms with Crippen LogP contribution < -0.4 is 14.8 Å². The molecule has 0 saturated heterocycles. The van der Waals surface area contributed by atoms with Crippen molar-refractivity contribution in [1.82, 2.24) is 29.6 Å². The van der Waals surface area contributed by atoms with Gasteiger partial charge in [0.1, 0.15) is 23.2 Å². The summed E-state index contributed by atoms with van der Waals surface area (Å²) >= 11 is 0. The zero-order chi connectivity index (χ0) is 30.8. The van der Waals surface area contributed by atoms with Crippen molar-refractivity contribution >= 4 is 11.7 Å². The van der Waals surface area contributed by atoms with E-state index in [1.54, 1.807) is 0 Å². The summed E-state index contributed by atoms with van der Waals surface area (Å²) in [5.41, 5.74) is -0.819. The maximum atomic E-state index is 14.4. The third kappa shape index (κ3) is 7.40. The van der Waals surface area contributed by atoms with Gasteiger partial charge in [0.2, 0.25) is 0 Å². The molecule has 2 amide bonds. The smallest absolute Gasteiger partial charge is 0.414 e. The number of amides is 2. The van der Waals surface area contributed by atoms with E-state index in [4.69, 9.17) is 9.47 Å². The van der Waals surface area contributed by atoms with Gasteiger partial charge in [-0.3, -0.25) is 0 Å². The van der Waals surface area contributed by atoms with Crippen LogP contribution in [-0.4, -0.2) is 75.6 Å². The molecule has 0 bridgehead atoms. The number of hydrogen-bond acceptors (Lipinski definition) is 6. The Morgan fingerprint density at radius 3 is 2.24 bits per heavy atom. The number of methoxy groups -OCH3 is 2. The lowest BCUT2D eigenvalue weighted by atomic mass is 10.1. The van der Waals surface area contributed by atoms with Crippen LogP contribution in [0.2, 0.25) is 0 Å². The second-order valence-electron chi connectivity index (χ2n) is 8.51. The highest BCUT2D eigenvalue weighted by Gasteiger charge is 2.49. The van der Waals surface area contributed by atoms with Gasteiger partial charge in [0.15, 0.2) is 11.7 Å². The number of nitrogens with zero attached hydrogens (tertiary/aromatic N) is 5. The molecule has 0 aliphatic heterocycles. The Morgan fingerprint density at radius 1 is 1.02 bits per heavy atom. The molecule has 41 heavy (non-hydrogen) atoms. The molecule has 1 N–H and O–H groups in total. The quantitative estimate of drug-likeness (QED) is 0.315. The maximum Gasteiger partial charge on any atom is 0.414 e. The average molecular weight is 602 g/mol. The zero-order valence-electron chi connectivity index (χ0n) is 21.5. The molecule has 18 heteroatoms. The summed E-state index contributed by atoms with van der Waals surface area (Å²) in [6.07, 6.45) is -14.9. The number of ether oxygens (including phenoxy) is 2. The van der Waals surface area contributed by atoms with Crippen LogP contribution in [0, 0.1) is 0 Å². The Labute approximate surface area is 226 Å². The monoisotopic (exact) mass is 602 g/mol. The predicted octanol–water partition coefficient (Wildman–Crippen LogP) is 5.72. The fourth-order valence-corrected chi connectivity index (χ4v) is 3.92. The van der Waals surface area contributed by atoms with Crippen molar-refractivity contribution in [2.45, 2.75) is 50.4 Å². The third-order valence-corrected chi connectivity index (χ3v) is 5.79. The molecule has 0 aliphatic carbocycles. The van der Waals surface area contributed by atoms with E-state index in [-0.39, 0.29) is 33.6 Å². The van der Waals surface area contributed by atoms with E-state index in [9.17, 15) is 44.3 Å². The topological polar surface area (TPSA) is 93.9 Å². The summed E-state index contributed by atoms with van der Waals surface area (Å²) in [5, 5.41) is 1.27. The van der Waals surface area contributed by atoms with Gasteiger partial charge in [0.05, 0.1) is 19.9 Å². The number of carbonyl (C=O) groups is 1. The molecule has 3 rings (SSSR count). The van der Waals surface area contributed by atoms with E-state index < -0.39 is 61.7 Å². The van der Waals surface area contributed by atoms with Crippen molar-refractivity contribution < 1.29 is 53.8 Å². The van der Waals surface area contributed by atoms with Gasteiger partial charge in [-0.15, -0.1) is 0 Å². The number of nitrogens with one attached hydrogen (secondary N) is 1. The summed E-state index contributed by atoms with van der Waals surface area (Å²) in [6.45, 7) is 0.274. The minimum atomic E-state index is -5.36. The highest BCUT2D eigenvalue weighted by molar-refractivity contribution is 5.75. The number of rotatable bonds is 9. The van der Waals surface area contributed by atoms with Gasteiger partial charge < -0.3 is 24.1 Å². The van der Waals surface area contributed by atoms with Crippen molar-refractivity contribution in [3.63, 3.8) is 0 Å². The van der Waals surface area contributed by atoms with Crippen LogP contribution in [0.15, 0.2) is 30.7 Å². The first kappa shape index (κ1) is 31.5. The van der Waals surface area contributed by atoms with Crippen LogP contribution in [0.3, 0.4) is 0 Å². The van der Waals surface area contributed by atoms with Crippen LogP contribution in [0.25, 0.3) is 17.0 Å². The van der Waals surface area contributed by atoms with Crippen LogP contribution in [0.5, 0.6) is 11.6 Å². The van der Waals surface area contributed by atoms with Crippen molar-refractivity contribution in [2.24, 2.45) is 0 Å². The van der Waals surface area contributed by atoms with Crippen LogP contribution in [-0.2, 0) is 0 Å². The number of urea groups is 1. The SMILES string of the molecule is CCN(C(=O)N[C@@H](CCC(F)(F)F)C(F)(F)F)C(c1ccc(OC)c(-c2cn3ccnc3c(OC)n2)n1)C(F)(F)F. The normalized spacial score (nSPS) is 14.0. The zero-order valence-corrected chi connectivity index (χ0v) is 21.5. The summed E-state index contributed by atoms with van der Waals surface area (Å²) in [5.74, 6) is -0.0544. The Hall–Kier alpha value is -3.99. The van der Waals surface area contributed by atoms with Crippen LogP contribution in [0.4, 0.5) is 44.3 Å². The predicted molar refractivity (Wildman–Crippen MR) is 124 cm³/mol. The van der Waals surface area contributed by atoms with E-state index in [1.807, 2.05) is 0 Å². The van der Waals surface area contributed by atoms with Gasteiger partial charge in [-0.05, 0) is 25.5 Å². The number of halogens is 9. The Balaban J connectivity index is 2.06. The van der Waals surface area contributed by atoms with Crippen molar-refractivity contribution in [2.75, 3.05) is 20.8 Å². The number of alkyl halides is 9. The van der Waals surface area contributed by atoms with Gasteiger partial charge >= 0.3 is 24.6 Å². The molecule has 226 valence electrons. The number of fused-ring (bicyclic) bond motifs is 1. The number of hydrogen-bond donors (Lipinski definition) is 1. The average Bonchev–Trinajstić information content (AvgIpc) is 3.35. The summed E-state index contributed by atoms with van der Waals surface area (Å²) < 4.78 is 133. The molecule has 0 fully saturated rings. The van der Waals surface area contributed by atoms with Crippen molar-refractivity contribution in [3.8, 4) is 23.0 Å². The summed E-state index contributed by atoms with van der Waals surface area (Å²) in [7, 11) is 2.49. The van der Waals surface area contributed by atoms with Gasteiger partial charge in [0.25, 0.3) is 5.88 Å². The molecule has 3 aromatic rings. The number of carbonyl (C=O) groups excluding carboxylic acids is 1. The van der Waals surface area contributed by atoms with Crippen molar-refractivity contribution in [3.05, 3.63) is 36.4 Å². The fraction of sp³-hybridized carbons (Fsp3) is 0.478. The molecule has 0 aromatic carbocycles. The number of pyridine rings is 1. The van der Waals surface area contributed by atoms with Gasteiger partial charge in [0, 0.05) is 31.6 Å². The standard InChI is InChI=1S/C23H23F9N6O3/c1-4-38(20(39)36-15(22(27,28)29)7-8-21(24,25)26)17(23(30,31)32)12-5-6-14(40-2)16(34-12)13-11-37-10-9-33-18(37)19(35-13)41-3/h5-6,9-11,15,17H,4,7-8H2,1-3H3,(H,36,39)/t15-,17?/m0/s1. The van der Waals surface area contributed by atoms with Gasteiger partial charge in [-0.2, -0.15) is 39.5 Å². The molecule has 3 aromatic heterocycles. The Bertz CT molecular complexity index is 1360. The van der Waals surface area contributed by atoms with E-state index >= 15 is 0 Å². The second kappa shape index (κ2) is 11.9. The summed E-state index contributed by atoms with van der Waals surface area (Å²) in [4.78, 5) is 25.0. The molecule has 2 atom stereocenters. The largest absolute Gasteiger partial charge is 0.494 e. The molecular weight excluding hydrogens is 579 g/mol. The minimum absolute atomic E-state index is 0.00199. The third-order valence-electron chi connectivity index (χ3n) is 5.79. The first-order valence-corrected chi connectivity index (χ1v) is 11.7. The highest BCUT2D eigenvalue weighted by Crippen LogP contribution is 2.40. The lowest BCUT2D eigenvalue weighted by molar-refractivity contribution is -0.182. The van der Waals surface area contributed by atoms with Crippen LogP contribution in [0.1, 0.15) is 31.5 Å². The van der Waals surface area contributed by atoms with Crippen molar-refractivity contribution in [1.29, 1.82) is 0 Å². The Morgan fingerprint density at radius 2 is 1.71 bits per heavy atom. The van der Waals surface area contributed by atoms with E-state index in [1.165, 1.54) is 42.5 Å². The van der Waals surface area contributed by atoms with E-state index in [0.29, 0.717) is 0 Å². The second-order valence-corrected chi connectivity index (χ2v) is 8.51. The highest BCUT2D eigenvalue weighted by atomic mass is 19.4. The van der Waals surface area contributed by atoms with Gasteiger partial charge in [-0.1, -0.05) is 0 Å². The molecule has 0 radical (unpaired) electrons. The molecular formula is C23H23F9N6O3. The Kier molecular flexibility index (Phi) is 9.12. The first-order valence-electron chi connectivity index (χ1n) is 11.7. The number of imidazole rings is 1. The molecule has 0 spiro atoms. The maximum absolute atomic E-state index is 14.4. The summed E-state index contributed by atoms with van der Waals surface area (Å²) in [6, 6.07) is -5.90. The van der Waals surface area contributed by atoms with E-state index in [2.05, 4.69) is 15.0 Å². The van der Waals surface area contributed by atoms with Gasteiger partial charge in [-0.25, -0.2) is 19.7 Å². The molecule has 0 saturated carbocycles. The lowest BCUT2D eigenvalue weighted by Crippen LogP contribution is -2.53. The molecule has 3 heterocycles. The fourth-order valence-electron chi connectivity index (χ4n) is 3.92. The molecule has 0 aliphatic rings. The number of aromatic nitrogens is 4. The van der Waals surface area contributed by atoms with E-state index in [0.717, 1.165) is 19.1 Å². The molecule has 9 nitrogen and oxygen atoms in total.